The van der Waals surface area contributed by atoms with Gasteiger partial charge in [0.25, 0.3) is 6.43 Å². The molecule has 1 rings (SSSR count). The summed E-state index contributed by atoms with van der Waals surface area (Å²) in [7, 11) is 0. The van der Waals surface area contributed by atoms with Crippen molar-refractivity contribution in [3.05, 3.63) is 23.8 Å². The minimum atomic E-state index is -2.55. The van der Waals surface area contributed by atoms with Crippen LogP contribution >= 0.6 is 0 Å². The lowest BCUT2D eigenvalue weighted by Gasteiger charge is -2.07. The molecule has 0 saturated carbocycles. The summed E-state index contributed by atoms with van der Waals surface area (Å²) in [4.78, 5) is 11.0. The minimum Gasteiger partial charge on any atom is -0.488 e. The summed E-state index contributed by atoms with van der Waals surface area (Å²) in [5, 5.41) is 0. The quantitative estimate of drug-likeness (QED) is 0.618. The molecule has 82 valence electrons. The predicted molar refractivity (Wildman–Crippen MR) is 52.4 cm³/mol. The van der Waals surface area contributed by atoms with Crippen LogP contribution in [0.5, 0.6) is 5.75 Å². The number of ether oxygens (including phenoxy) is 1. The van der Waals surface area contributed by atoms with E-state index in [1.807, 2.05) is 0 Å². The maximum atomic E-state index is 11.9. The highest BCUT2D eigenvalue weighted by molar-refractivity contribution is 5.95. The van der Waals surface area contributed by atoms with Gasteiger partial charge in [-0.05, 0) is 19.1 Å². The number of hydrogen-bond donors (Lipinski definition) is 1. The smallest absolute Gasteiger partial charge is 0.272 e. The largest absolute Gasteiger partial charge is 0.488 e. The van der Waals surface area contributed by atoms with E-state index in [9.17, 15) is 13.6 Å². The molecule has 0 aliphatic heterocycles. The van der Waals surface area contributed by atoms with Crippen LogP contribution in [0.25, 0.3) is 0 Å². The SMILES string of the molecule is CC(=O)c1cc(N)cc(OCC(F)F)c1. The van der Waals surface area contributed by atoms with Crippen LogP contribution in [-0.2, 0) is 0 Å². The van der Waals surface area contributed by atoms with E-state index in [0.717, 1.165) is 0 Å². The molecular weight excluding hydrogens is 204 g/mol. The first-order valence-electron chi connectivity index (χ1n) is 4.31. The van der Waals surface area contributed by atoms with Crippen molar-refractivity contribution < 1.29 is 18.3 Å². The maximum Gasteiger partial charge on any atom is 0.272 e. The third kappa shape index (κ3) is 3.53. The fourth-order valence-electron chi connectivity index (χ4n) is 1.07. The number of anilines is 1. The molecule has 0 unspecified atom stereocenters. The second-order valence-corrected chi connectivity index (χ2v) is 3.05. The van der Waals surface area contributed by atoms with E-state index in [0.29, 0.717) is 11.3 Å². The Morgan fingerprint density at radius 3 is 2.67 bits per heavy atom. The van der Waals surface area contributed by atoms with Crippen molar-refractivity contribution in [3.8, 4) is 5.75 Å². The Labute approximate surface area is 85.8 Å². The molecule has 0 radical (unpaired) electrons. The first kappa shape index (κ1) is 11.4. The normalized spacial score (nSPS) is 10.4. The third-order valence-electron chi connectivity index (χ3n) is 1.71. The van der Waals surface area contributed by atoms with Crippen molar-refractivity contribution in [1.82, 2.24) is 0 Å². The van der Waals surface area contributed by atoms with Gasteiger partial charge in [-0.1, -0.05) is 0 Å². The number of hydrogen-bond acceptors (Lipinski definition) is 3. The summed E-state index contributed by atoms with van der Waals surface area (Å²) in [5.74, 6) is -0.00954. The molecule has 0 aliphatic carbocycles. The topological polar surface area (TPSA) is 52.3 Å². The first-order chi connectivity index (χ1) is 6.99. The molecule has 0 bridgehead atoms. The molecule has 0 fully saturated rings. The second-order valence-electron chi connectivity index (χ2n) is 3.05. The van der Waals surface area contributed by atoms with Gasteiger partial charge in [0.15, 0.2) is 5.78 Å². The summed E-state index contributed by atoms with van der Waals surface area (Å²) in [5.41, 5.74) is 6.14. The van der Waals surface area contributed by atoms with Crippen LogP contribution in [0.15, 0.2) is 18.2 Å². The summed E-state index contributed by atoms with van der Waals surface area (Å²) < 4.78 is 28.5. The molecule has 0 heterocycles. The molecule has 3 nitrogen and oxygen atoms in total. The van der Waals surface area contributed by atoms with E-state index in [1.54, 1.807) is 0 Å². The van der Waals surface area contributed by atoms with Gasteiger partial charge in [-0.25, -0.2) is 8.78 Å². The number of halogens is 2. The summed E-state index contributed by atoms with van der Waals surface area (Å²) in [6.45, 7) is 0.659. The molecule has 2 N–H and O–H groups in total. The monoisotopic (exact) mass is 215 g/mol. The van der Waals surface area contributed by atoms with Crippen LogP contribution in [0.4, 0.5) is 14.5 Å². The van der Waals surface area contributed by atoms with Gasteiger partial charge in [-0.2, -0.15) is 0 Å². The number of ketones is 1. The summed E-state index contributed by atoms with van der Waals surface area (Å²) in [6, 6.07) is 4.26. The molecule has 1 aromatic carbocycles. The number of nitrogen functional groups attached to an aromatic ring is 1. The van der Waals surface area contributed by atoms with Crippen molar-refractivity contribution in [2.75, 3.05) is 12.3 Å². The van der Waals surface area contributed by atoms with Crippen LogP contribution in [0, 0.1) is 0 Å². The Bertz CT molecular complexity index is 366. The molecule has 0 spiro atoms. The lowest BCUT2D eigenvalue weighted by Crippen LogP contribution is -2.08. The number of Topliss-reactive ketones (excluding diaryl/α,β-unsaturated/α-hetero) is 1. The van der Waals surface area contributed by atoms with Crippen LogP contribution < -0.4 is 10.5 Å². The van der Waals surface area contributed by atoms with Gasteiger partial charge in [-0.15, -0.1) is 0 Å². The maximum absolute atomic E-state index is 11.9. The van der Waals surface area contributed by atoms with Gasteiger partial charge in [0.1, 0.15) is 12.4 Å². The highest BCUT2D eigenvalue weighted by Gasteiger charge is 2.07. The summed E-state index contributed by atoms with van der Waals surface area (Å²) in [6.07, 6.45) is -2.55. The van der Waals surface area contributed by atoms with Gasteiger partial charge < -0.3 is 10.5 Å². The van der Waals surface area contributed by atoms with Crippen molar-refractivity contribution in [3.63, 3.8) is 0 Å². The van der Waals surface area contributed by atoms with Crippen LogP contribution in [0.3, 0.4) is 0 Å². The number of carbonyl (C=O) groups excluding carboxylic acids is 1. The number of alkyl halides is 2. The summed E-state index contributed by atoms with van der Waals surface area (Å²) >= 11 is 0. The average molecular weight is 215 g/mol. The molecule has 0 saturated heterocycles. The molecule has 0 aromatic heterocycles. The van der Waals surface area contributed by atoms with Crippen molar-refractivity contribution in [2.45, 2.75) is 13.3 Å². The number of carbonyl (C=O) groups is 1. The predicted octanol–water partition coefficient (Wildman–Crippen LogP) is 2.12. The molecule has 0 amide bonds. The Morgan fingerprint density at radius 1 is 1.47 bits per heavy atom. The highest BCUT2D eigenvalue weighted by Crippen LogP contribution is 2.19. The molecule has 1 aromatic rings. The van der Waals surface area contributed by atoms with E-state index in [1.165, 1.54) is 25.1 Å². The van der Waals surface area contributed by atoms with Gasteiger partial charge in [-0.3, -0.25) is 4.79 Å². The minimum absolute atomic E-state index is 0.181. The van der Waals surface area contributed by atoms with Crippen molar-refractivity contribution in [2.24, 2.45) is 0 Å². The standard InChI is InChI=1S/C10H11F2NO2/c1-6(14)7-2-8(13)4-9(3-7)15-5-10(11)12/h2-4,10H,5,13H2,1H3. The lowest BCUT2D eigenvalue weighted by atomic mass is 10.1. The van der Waals surface area contributed by atoms with Crippen LogP contribution in [0.2, 0.25) is 0 Å². The van der Waals surface area contributed by atoms with E-state index in [4.69, 9.17) is 10.5 Å². The van der Waals surface area contributed by atoms with E-state index in [-0.39, 0.29) is 11.5 Å². The van der Waals surface area contributed by atoms with Gasteiger partial charge >= 0.3 is 0 Å². The zero-order chi connectivity index (χ0) is 11.4. The highest BCUT2D eigenvalue weighted by atomic mass is 19.3. The fraction of sp³-hybridized carbons (Fsp3) is 0.300. The van der Waals surface area contributed by atoms with E-state index in [2.05, 4.69) is 0 Å². The van der Waals surface area contributed by atoms with Crippen molar-refractivity contribution in [1.29, 1.82) is 0 Å². The van der Waals surface area contributed by atoms with Gasteiger partial charge in [0.05, 0.1) is 0 Å². The Morgan fingerprint density at radius 2 is 2.13 bits per heavy atom. The molecular formula is C10H11F2NO2. The Balaban J connectivity index is 2.84. The van der Waals surface area contributed by atoms with Crippen molar-refractivity contribution >= 4 is 11.5 Å². The number of nitrogens with two attached hydrogens (primary N) is 1. The zero-order valence-electron chi connectivity index (χ0n) is 8.17. The molecule has 15 heavy (non-hydrogen) atoms. The molecule has 0 atom stereocenters. The van der Waals surface area contributed by atoms with E-state index >= 15 is 0 Å². The number of rotatable bonds is 4. The van der Waals surface area contributed by atoms with E-state index < -0.39 is 13.0 Å². The third-order valence-corrected chi connectivity index (χ3v) is 1.71. The van der Waals surface area contributed by atoms with Crippen LogP contribution in [0.1, 0.15) is 17.3 Å². The van der Waals surface area contributed by atoms with Gasteiger partial charge in [0, 0.05) is 17.3 Å². The Hall–Kier alpha value is -1.65. The molecule has 0 aliphatic rings. The Kier molecular flexibility index (Phi) is 3.60. The lowest BCUT2D eigenvalue weighted by molar-refractivity contribution is 0.0818. The fourth-order valence-corrected chi connectivity index (χ4v) is 1.07. The average Bonchev–Trinajstić information content (AvgIpc) is 2.13. The molecule has 5 heteroatoms. The number of benzene rings is 1. The zero-order valence-corrected chi connectivity index (χ0v) is 8.17. The first-order valence-corrected chi connectivity index (χ1v) is 4.31. The van der Waals surface area contributed by atoms with Gasteiger partial charge in [0.2, 0.25) is 0 Å². The van der Waals surface area contributed by atoms with Crippen LogP contribution in [-0.4, -0.2) is 18.8 Å². The second kappa shape index (κ2) is 4.72.